The van der Waals surface area contributed by atoms with Crippen molar-refractivity contribution in [2.75, 3.05) is 25.0 Å². The number of hydrogen-bond donors (Lipinski definition) is 1. The summed E-state index contributed by atoms with van der Waals surface area (Å²) in [6.07, 6.45) is 3.59. The van der Waals surface area contributed by atoms with Crippen molar-refractivity contribution >= 4 is 27.6 Å². The van der Waals surface area contributed by atoms with Gasteiger partial charge in [-0.2, -0.15) is 4.31 Å². The fourth-order valence-corrected chi connectivity index (χ4v) is 4.74. The number of carbonyl (C=O) groups excluding carboxylic acids is 2. The number of sulfonamides is 1. The molecular formula is C21H23FN2O5S. The van der Waals surface area contributed by atoms with E-state index < -0.39 is 34.3 Å². The highest BCUT2D eigenvalue weighted by atomic mass is 32.2. The summed E-state index contributed by atoms with van der Waals surface area (Å²) in [4.78, 5) is 24.2. The molecule has 1 saturated heterocycles. The number of ether oxygens (including phenoxy) is 1. The first-order valence-corrected chi connectivity index (χ1v) is 11.1. The largest absolute Gasteiger partial charge is 0.452 e. The predicted octanol–water partition coefficient (Wildman–Crippen LogP) is 3.19. The Morgan fingerprint density at radius 2 is 1.70 bits per heavy atom. The molecule has 0 unspecified atom stereocenters. The third-order valence-corrected chi connectivity index (χ3v) is 6.65. The van der Waals surface area contributed by atoms with Crippen LogP contribution in [0.5, 0.6) is 0 Å². The Kier molecular flexibility index (Phi) is 7.17. The van der Waals surface area contributed by atoms with Crippen molar-refractivity contribution in [3.05, 3.63) is 59.9 Å². The molecule has 0 bridgehead atoms. The fraction of sp³-hybridized carbons (Fsp3) is 0.333. The SMILES string of the molecule is O=C(COC(=O)c1cccc(S(=O)(=O)N2CCCCCC2)c1)Nc1ccccc1F. The Balaban J connectivity index is 1.64. The third kappa shape index (κ3) is 5.43. The van der Waals surface area contributed by atoms with E-state index in [1.54, 1.807) is 6.07 Å². The minimum absolute atomic E-state index is 0.00894. The van der Waals surface area contributed by atoms with Gasteiger partial charge >= 0.3 is 5.97 Å². The zero-order chi connectivity index (χ0) is 21.6. The van der Waals surface area contributed by atoms with Gasteiger partial charge in [0.15, 0.2) is 6.61 Å². The predicted molar refractivity (Wildman–Crippen MR) is 109 cm³/mol. The van der Waals surface area contributed by atoms with Crippen LogP contribution in [0, 0.1) is 5.82 Å². The van der Waals surface area contributed by atoms with Crippen molar-refractivity contribution in [3.63, 3.8) is 0 Å². The summed E-state index contributed by atoms with van der Waals surface area (Å²) in [6.45, 7) is 0.275. The monoisotopic (exact) mass is 434 g/mol. The molecule has 0 radical (unpaired) electrons. The highest BCUT2D eigenvalue weighted by molar-refractivity contribution is 7.89. The highest BCUT2D eigenvalue weighted by Gasteiger charge is 2.26. The van der Waals surface area contributed by atoms with Gasteiger partial charge in [0.05, 0.1) is 16.1 Å². The van der Waals surface area contributed by atoms with Crippen molar-refractivity contribution in [3.8, 4) is 0 Å². The molecule has 0 spiro atoms. The van der Waals surface area contributed by atoms with Crippen LogP contribution in [-0.4, -0.2) is 44.3 Å². The van der Waals surface area contributed by atoms with Crippen LogP contribution in [0.25, 0.3) is 0 Å². The second kappa shape index (κ2) is 9.82. The molecule has 0 saturated carbocycles. The first-order valence-electron chi connectivity index (χ1n) is 9.69. The third-order valence-electron chi connectivity index (χ3n) is 4.75. The number of para-hydroxylation sites is 1. The lowest BCUT2D eigenvalue weighted by molar-refractivity contribution is -0.119. The number of nitrogens with one attached hydrogen (secondary N) is 1. The van der Waals surface area contributed by atoms with Gasteiger partial charge in [0.25, 0.3) is 5.91 Å². The number of hydrogen-bond acceptors (Lipinski definition) is 5. The van der Waals surface area contributed by atoms with Crippen LogP contribution in [0.4, 0.5) is 10.1 Å². The summed E-state index contributed by atoms with van der Waals surface area (Å²) in [5, 5.41) is 2.31. The maximum absolute atomic E-state index is 13.6. The molecule has 30 heavy (non-hydrogen) atoms. The number of carbonyl (C=O) groups is 2. The molecule has 1 aliphatic heterocycles. The molecule has 2 aromatic rings. The summed E-state index contributed by atoms with van der Waals surface area (Å²) in [5.74, 6) is -2.16. The van der Waals surface area contributed by atoms with E-state index in [1.165, 1.54) is 46.8 Å². The van der Waals surface area contributed by atoms with Gasteiger partial charge in [-0.3, -0.25) is 4.79 Å². The minimum atomic E-state index is -3.71. The van der Waals surface area contributed by atoms with Crippen LogP contribution >= 0.6 is 0 Å². The molecule has 1 heterocycles. The average molecular weight is 434 g/mol. The number of nitrogens with zero attached hydrogens (tertiary/aromatic N) is 1. The molecule has 160 valence electrons. The van der Waals surface area contributed by atoms with Crippen molar-refractivity contribution in [2.24, 2.45) is 0 Å². The van der Waals surface area contributed by atoms with E-state index in [9.17, 15) is 22.4 Å². The second-order valence-corrected chi connectivity index (χ2v) is 8.89. The molecule has 1 fully saturated rings. The van der Waals surface area contributed by atoms with E-state index in [2.05, 4.69) is 5.32 Å². The molecule has 1 aliphatic rings. The first-order chi connectivity index (χ1) is 14.4. The van der Waals surface area contributed by atoms with Crippen LogP contribution in [0.1, 0.15) is 36.0 Å². The van der Waals surface area contributed by atoms with E-state index in [0.29, 0.717) is 13.1 Å². The minimum Gasteiger partial charge on any atom is -0.452 e. The van der Waals surface area contributed by atoms with Gasteiger partial charge in [-0.15, -0.1) is 0 Å². The first kappa shape index (κ1) is 21.9. The van der Waals surface area contributed by atoms with Gasteiger partial charge in [0.2, 0.25) is 10.0 Å². The van der Waals surface area contributed by atoms with Crippen LogP contribution in [0.3, 0.4) is 0 Å². The van der Waals surface area contributed by atoms with Crippen molar-refractivity contribution in [1.82, 2.24) is 4.31 Å². The van der Waals surface area contributed by atoms with Gasteiger partial charge in [-0.25, -0.2) is 17.6 Å². The van der Waals surface area contributed by atoms with Crippen LogP contribution in [0.15, 0.2) is 53.4 Å². The van der Waals surface area contributed by atoms with Crippen LogP contribution in [-0.2, 0) is 19.6 Å². The molecule has 9 heteroatoms. The number of anilines is 1. The molecule has 7 nitrogen and oxygen atoms in total. The van der Waals surface area contributed by atoms with Gasteiger partial charge in [-0.1, -0.05) is 31.0 Å². The molecule has 0 aliphatic carbocycles. The topological polar surface area (TPSA) is 92.8 Å². The summed E-state index contributed by atoms with van der Waals surface area (Å²) in [6, 6.07) is 11.2. The second-order valence-electron chi connectivity index (χ2n) is 6.95. The number of amides is 1. The fourth-order valence-electron chi connectivity index (χ4n) is 3.18. The van der Waals surface area contributed by atoms with Crippen molar-refractivity contribution in [1.29, 1.82) is 0 Å². The zero-order valence-electron chi connectivity index (χ0n) is 16.3. The maximum atomic E-state index is 13.6. The Bertz CT molecular complexity index is 1020. The van der Waals surface area contributed by atoms with E-state index in [1.807, 2.05) is 0 Å². The quantitative estimate of drug-likeness (QED) is 0.705. The van der Waals surface area contributed by atoms with Crippen molar-refractivity contribution in [2.45, 2.75) is 30.6 Å². The number of esters is 1. The Morgan fingerprint density at radius 1 is 1.00 bits per heavy atom. The number of halogens is 1. The van der Waals surface area contributed by atoms with E-state index >= 15 is 0 Å². The normalized spacial score (nSPS) is 15.2. The zero-order valence-corrected chi connectivity index (χ0v) is 17.2. The Labute approximate surface area is 174 Å². The number of benzene rings is 2. The molecule has 3 rings (SSSR count). The molecule has 0 aromatic heterocycles. The van der Waals surface area contributed by atoms with Crippen LogP contribution in [0.2, 0.25) is 0 Å². The van der Waals surface area contributed by atoms with Gasteiger partial charge in [0, 0.05) is 13.1 Å². The lowest BCUT2D eigenvalue weighted by Gasteiger charge is -2.20. The summed E-state index contributed by atoms with van der Waals surface area (Å²) in [7, 11) is -3.71. The highest BCUT2D eigenvalue weighted by Crippen LogP contribution is 2.21. The molecular weight excluding hydrogens is 411 g/mol. The molecule has 1 amide bonds. The maximum Gasteiger partial charge on any atom is 0.338 e. The Morgan fingerprint density at radius 3 is 2.40 bits per heavy atom. The van der Waals surface area contributed by atoms with E-state index in [-0.39, 0.29) is 16.1 Å². The van der Waals surface area contributed by atoms with Gasteiger partial charge < -0.3 is 10.1 Å². The summed E-state index contributed by atoms with van der Waals surface area (Å²) in [5.41, 5.74) is -0.00585. The van der Waals surface area contributed by atoms with Crippen molar-refractivity contribution < 1.29 is 27.1 Å². The smallest absolute Gasteiger partial charge is 0.338 e. The average Bonchev–Trinajstić information content (AvgIpc) is 3.04. The van der Waals surface area contributed by atoms with Crippen LogP contribution < -0.4 is 5.32 Å². The van der Waals surface area contributed by atoms with Gasteiger partial charge in [0.1, 0.15) is 5.82 Å². The van der Waals surface area contributed by atoms with Gasteiger partial charge in [-0.05, 0) is 43.2 Å². The summed E-state index contributed by atoms with van der Waals surface area (Å²) >= 11 is 0. The molecule has 0 atom stereocenters. The lowest BCUT2D eigenvalue weighted by atomic mass is 10.2. The standard InChI is InChI=1S/C21H23FN2O5S/c22-18-10-3-4-11-19(18)23-20(25)15-29-21(26)16-8-7-9-17(14-16)30(27,28)24-12-5-1-2-6-13-24/h3-4,7-11,14H,1-2,5-6,12-13,15H2,(H,23,25). The summed E-state index contributed by atoms with van der Waals surface area (Å²) < 4.78 is 45.7. The van der Waals surface area contributed by atoms with E-state index in [4.69, 9.17) is 4.74 Å². The number of rotatable bonds is 6. The lowest BCUT2D eigenvalue weighted by Crippen LogP contribution is -2.32. The molecule has 2 aromatic carbocycles. The molecule has 1 N–H and O–H groups in total. The van der Waals surface area contributed by atoms with E-state index in [0.717, 1.165) is 25.7 Å². The Hall–Kier alpha value is -2.78.